The van der Waals surface area contributed by atoms with Gasteiger partial charge in [-0.15, -0.1) is 12.3 Å². The van der Waals surface area contributed by atoms with Gasteiger partial charge in [-0.25, -0.2) is 0 Å². The molecule has 0 spiro atoms. The highest BCUT2D eigenvalue weighted by Gasteiger charge is 2.01. The van der Waals surface area contributed by atoms with E-state index in [1.807, 2.05) is 0 Å². The summed E-state index contributed by atoms with van der Waals surface area (Å²) in [6.45, 7) is 0. The average molecular weight is 230 g/mol. The Labute approximate surface area is 107 Å². The van der Waals surface area contributed by atoms with Crippen molar-refractivity contribution in [3.8, 4) is 12.3 Å². The minimum atomic E-state index is 0.805. The summed E-state index contributed by atoms with van der Waals surface area (Å²) < 4.78 is 0. The van der Waals surface area contributed by atoms with Crippen molar-refractivity contribution < 1.29 is 0 Å². The third-order valence-electron chi connectivity index (χ3n) is 3.37. The van der Waals surface area contributed by atoms with Crippen molar-refractivity contribution in [2.75, 3.05) is 0 Å². The van der Waals surface area contributed by atoms with Crippen LogP contribution in [0.2, 0.25) is 0 Å². The number of rotatable bonds is 2. The molecule has 0 saturated heterocycles. The molecule has 0 N–H and O–H groups in total. The standard InChI is InChI=1S/C18H14/c1-2-3-6-14-9-12-18-16(13-14)11-10-15-7-4-5-8-17(15)18/h1,4-5,7-13H,3,6H2. The molecular formula is C18H14. The molecule has 18 heavy (non-hydrogen) atoms. The second kappa shape index (κ2) is 4.55. The Bertz CT molecular complexity index is 745. The molecule has 0 aliphatic heterocycles. The summed E-state index contributed by atoms with van der Waals surface area (Å²) >= 11 is 0. The first-order chi connectivity index (χ1) is 8.88. The summed E-state index contributed by atoms with van der Waals surface area (Å²) in [5.41, 5.74) is 1.32. The highest BCUT2D eigenvalue weighted by atomic mass is 14.0. The van der Waals surface area contributed by atoms with Gasteiger partial charge in [-0.1, -0.05) is 54.6 Å². The summed E-state index contributed by atoms with van der Waals surface area (Å²) in [4.78, 5) is 0. The van der Waals surface area contributed by atoms with Gasteiger partial charge in [0.05, 0.1) is 0 Å². The van der Waals surface area contributed by atoms with E-state index in [2.05, 4.69) is 60.5 Å². The Kier molecular flexibility index (Phi) is 2.74. The number of fused-ring (bicyclic) bond motifs is 3. The zero-order chi connectivity index (χ0) is 12.4. The van der Waals surface area contributed by atoms with Crippen LogP contribution in [0.3, 0.4) is 0 Å². The predicted octanol–water partition coefficient (Wildman–Crippen LogP) is 4.56. The van der Waals surface area contributed by atoms with E-state index in [4.69, 9.17) is 6.42 Å². The summed E-state index contributed by atoms with van der Waals surface area (Å²) in [5.74, 6) is 2.69. The van der Waals surface area contributed by atoms with E-state index in [0.717, 1.165) is 12.8 Å². The fourth-order valence-corrected chi connectivity index (χ4v) is 2.43. The van der Waals surface area contributed by atoms with Crippen molar-refractivity contribution in [3.05, 3.63) is 60.2 Å². The third kappa shape index (κ3) is 1.85. The maximum absolute atomic E-state index is 5.31. The zero-order valence-corrected chi connectivity index (χ0v) is 10.2. The van der Waals surface area contributed by atoms with Crippen molar-refractivity contribution in [1.82, 2.24) is 0 Å². The third-order valence-corrected chi connectivity index (χ3v) is 3.37. The van der Waals surface area contributed by atoms with Gasteiger partial charge < -0.3 is 0 Å². The lowest BCUT2D eigenvalue weighted by molar-refractivity contribution is 1.03. The largest absolute Gasteiger partial charge is 0.120 e. The van der Waals surface area contributed by atoms with Crippen molar-refractivity contribution in [1.29, 1.82) is 0 Å². The lowest BCUT2D eigenvalue weighted by Crippen LogP contribution is -1.84. The summed E-state index contributed by atoms with van der Waals surface area (Å²) in [7, 11) is 0. The molecule has 0 aliphatic carbocycles. The molecule has 3 rings (SSSR count). The van der Waals surface area contributed by atoms with Crippen LogP contribution in [0.1, 0.15) is 12.0 Å². The van der Waals surface area contributed by atoms with Gasteiger partial charge in [-0.05, 0) is 33.5 Å². The molecule has 0 bridgehead atoms. The number of aryl methyl sites for hydroxylation is 1. The molecule has 86 valence electrons. The first kappa shape index (κ1) is 10.9. The van der Waals surface area contributed by atoms with Crippen LogP contribution in [0.25, 0.3) is 21.5 Å². The van der Waals surface area contributed by atoms with Crippen LogP contribution in [0.4, 0.5) is 0 Å². The Morgan fingerprint density at radius 1 is 0.833 bits per heavy atom. The second-order valence-electron chi connectivity index (χ2n) is 4.55. The molecule has 0 radical (unpaired) electrons. The SMILES string of the molecule is C#CCCc1ccc2c(ccc3ccccc32)c1. The highest BCUT2D eigenvalue weighted by molar-refractivity contribution is 6.07. The smallest absolute Gasteiger partial charge is 0.0127 e. The van der Waals surface area contributed by atoms with E-state index in [9.17, 15) is 0 Å². The van der Waals surface area contributed by atoms with Gasteiger partial charge in [0.2, 0.25) is 0 Å². The van der Waals surface area contributed by atoms with Crippen molar-refractivity contribution >= 4 is 21.5 Å². The Hall–Kier alpha value is -2.26. The molecule has 3 aromatic carbocycles. The Morgan fingerprint density at radius 3 is 2.50 bits per heavy atom. The van der Waals surface area contributed by atoms with E-state index < -0.39 is 0 Å². The van der Waals surface area contributed by atoms with Crippen LogP contribution in [-0.2, 0) is 6.42 Å². The van der Waals surface area contributed by atoms with Crippen LogP contribution in [-0.4, -0.2) is 0 Å². The van der Waals surface area contributed by atoms with Gasteiger partial charge >= 0.3 is 0 Å². The fourth-order valence-electron chi connectivity index (χ4n) is 2.43. The molecule has 0 atom stereocenters. The number of hydrogen-bond acceptors (Lipinski definition) is 0. The van der Waals surface area contributed by atoms with Crippen molar-refractivity contribution in [3.63, 3.8) is 0 Å². The minimum Gasteiger partial charge on any atom is -0.120 e. The normalized spacial score (nSPS) is 10.6. The number of hydrogen-bond donors (Lipinski definition) is 0. The lowest BCUT2D eigenvalue weighted by atomic mass is 9.99. The lowest BCUT2D eigenvalue weighted by Gasteiger charge is -2.06. The van der Waals surface area contributed by atoms with Crippen molar-refractivity contribution in [2.45, 2.75) is 12.8 Å². The first-order valence-electron chi connectivity index (χ1n) is 6.22. The van der Waals surface area contributed by atoms with E-state index in [0.29, 0.717) is 0 Å². The van der Waals surface area contributed by atoms with Gasteiger partial charge in [0.15, 0.2) is 0 Å². The molecule has 0 fully saturated rings. The molecular weight excluding hydrogens is 216 g/mol. The van der Waals surface area contributed by atoms with Gasteiger partial charge in [-0.3, -0.25) is 0 Å². The maximum Gasteiger partial charge on any atom is 0.0127 e. The van der Waals surface area contributed by atoms with Crippen LogP contribution in [0.5, 0.6) is 0 Å². The minimum absolute atomic E-state index is 0.805. The maximum atomic E-state index is 5.31. The molecule has 0 unspecified atom stereocenters. The zero-order valence-electron chi connectivity index (χ0n) is 10.2. The van der Waals surface area contributed by atoms with Crippen LogP contribution in [0, 0.1) is 12.3 Å². The molecule has 0 heterocycles. The average Bonchev–Trinajstić information content (AvgIpc) is 2.44. The van der Waals surface area contributed by atoms with E-state index in [-0.39, 0.29) is 0 Å². The first-order valence-corrected chi connectivity index (χ1v) is 6.22. The van der Waals surface area contributed by atoms with Crippen molar-refractivity contribution in [2.24, 2.45) is 0 Å². The van der Waals surface area contributed by atoms with Gasteiger partial charge in [0.25, 0.3) is 0 Å². The molecule has 0 nitrogen and oxygen atoms in total. The Balaban J connectivity index is 2.19. The topological polar surface area (TPSA) is 0 Å². The second-order valence-corrected chi connectivity index (χ2v) is 4.55. The van der Waals surface area contributed by atoms with E-state index >= 15 is 0 Å². The van der Waals surface area contributed by atoms with Gasteiger partial charge in [-0.2, -0.15) is 0 Å². The van der Waals surface area contributed by atoms with E-state index in [1.54, 1.807) is 0 Å². The molecule has 3 aromatic rings. The highest BCUT2D eigenvalue weighted by Crippen LogP contribution is 2.26. The summed E-state index contributed by atoms with van der Waals surface area (Å²) in [6.07, 6.45) is 7.08. The van der Waals surface area contributed by atoms with Crippen LogP contribution < -0.4 is 0 Å². The molecule has 0 heteroatoms. The summed E-state index contributed by atoms with van der Waals surface area (Å²) in [5, 5.41) is 5.22. The fraction of sp³-hybridized carbons (Fsp3) is 0.111. The van der Waals surface area contributed by atoms with Crippen LogP contribution in [0.15, 0.2) is 54.6 Å². The Morgan fingerprint density at radius 2 is 1.61 bits per heavy atom. The molecule has 0 amide bonds. The monoisotopic (exact) mass is 230 g/mol. The quantitative estimate of drug-likeness (QED) is 0.447. The number of benzene rings is 3. The molecule has 0 aliphatic rings. The van der Waals surface area contributed by atoms with Crippen LogP contribution >= 0.6 is 0 Å². The van der Waals surface area contributed by atoms with Gasteiger partial charge in [0, 0.05) is 6.42 Å². The molecule has 0 saturated carbocycles. The predicted molar refractivity (Wildman–Crippen MR) is 78.6 cm³/mol. The number of terminal acetylenes is 1. The van der Waals surface area contributed by atoms with E-state index in [1.165, 1.54) is 27.1 Å². The molecule has 0 aromatic heterocycles. The van der Waals surface area contributed by atoms with Gasteiger partial charge in [0.1, 0.15) is 0 Å². The summed E-state index contributed by atoms with van der Waals surface area (Å²) in [6, 6.07) is 19.5.